The molecule has 1 atom stereocenters. The van der Waals surface area contributed by atoms with Crippen molar-refractivity contribution in [2.45, 2.75) is 13.0 Å². The van der Waals surface area contributed by atoms with Crippen LogP contribution in [0.15, 0.2) is 42.7 Å². The molecular formula is C15H15FN2O2. The van der Waals surface area contributed by atoms with Crippen LogP contribution in [0.5, 0.6) is 5.75 Å². The summed E-state index contributed by atoms with van der Waals surface area (Å²) in [5, 5.41) is 9.82. The van der Waals surface area contributed by atoms with Crippen LogP contribution in [0.25, 0.3) is 0 Å². The second-order valence-electron chi connectivity index (χ2n) is 4.54. The number of amides is 1. The Morgan fingerprint density at radius 3 is 2.70 bits per heavy atom. The summed E-state index contributed by atoms with van der Waals surface area (Å²) < 4.78 is 13.1. The third-order valence-electron chi connectivity index (χ3n) is 3.24. The number of para-hydroxylation sites is 1. The fourth-order valence-electron chi connectivity index (χ4n) is 1.96. The molecule has 2 aromatic rings. The number of nitrogens with zero attached hydrogens (tertiary/aromatic N) is 2. The van der Waals surface area contributed by atoms with Gasteiger partial charge in [-0.15, -0.1) is 0 Å². The Morgan fingerprint density at radius 1 is 1.35 bits per heavy atom. The Bertz CT molecular complexity index is 631. The van der Waals surface area contributed by atoms with E-state index in [1.165, 1.54) is 11.1 Å². The SMILES string of the molecule is CC(c1ccccc1O)N(C)C(=O)c1cncc(F)c1. The third kappa shape index (κ3) is 2.77. The quantitative estimate of drug-likeness (QED) is 0.936. The smallest absolute Gasteiger partial charge is 0.255 e. The van der Waals surface area contributed by atoms with Gasteiger partial charge in [-0.25, -0.2) is 4.39 Å². The maximum Gasteiger partial charge on any atom is 0.255 e. The Hall–Kier alpha value is -2.43. The molecule has 1 amide bonds. The van der Waals surface area contributed by atoms with Crippen molar-refractivity contribution in [3.05, 3.63) is 59.7 Å². The van der Waals surface area contributed by atoms with Gasteiger partial charge < -0.3 is 10.0 Å². The van der Waals surface area contributed by atoms with Gasteiger partial charge in [0.25, 0.3) is 5.91 Å². The topological polar surface area (TPSA) is 53.4 Å². The highest BCUT2D eigenvalue weighted by Gasteiger charge is 2.21. The molecule has 0 aliphatic heterocycles. The summed E-state index contributed by atoms with van der Waals surface area (Å²) in [6.07, 6.45) is 2.36. The van der Waals surface area contributed by atoms with E-state index < -0.39 is 5.82 Å². The number of carbonyl (C=O) groups excluding carboxylic acids is 1. The summed E-state index contributed by atoms with van der Waals surface area (Å²) in [5.74, 6) is -0.788. The highest BCUT2D eigenvalue weighted by atomic mass is 19.1. The average molecular weight is 274 g/mol. The molecule has 0 saturated carbocycles. The minimum atomic E-state index is -0.556. The van der Waals surface area contributed by atoms with E-state index in [1.54, 1.807) is 38.2 Å². The number of hydrogen-bond acceptors (Lipinski definition) is 3. The molecule has 0 aliphatic rings. The molecule has 0 saturated heterocycles. The van der Waals surface area contributed by atoms with Crippen molar-refractivity contribution in [1.82, 2.24) is 9.88 Å². The van der Waals surface area contributed by atoms with Crippen LogP contribution in [0, 0.1) is 5.82 Å². The molecule has 0 fully saturated rings. The lowest BCUT2D eigenvalue weighted by molar-refractivity contribution is 0.0740. The van der Waals surface area contributed by atoms with E-state index in [0.717, 1.165) is 12.3 Å². The van der Waals surface area contributed by atoms with Gasteiger partial charge in [-0.3, -0.25) is 9.78 Å². The molecule has 1 N–H and O–H groups in total. The molecule has 1 unspecified atom stereocenters. The number of pyridine rings is 1. The minimum Gasteiger partial charge on any atom is -0.508 e. The first-order chi connectivity index (χ1) is 9.50. The van der Waals surface area contributed by atoms with Crippen molar-refractivity contribution in [2.24, 2.45) is 0 Å². The molecule has 0 radical (unpaired) electrons. The van der Waals surface area contributed by atoms with Crippen LogP contribution >= 0.6 is 0 Å². The first-order valence-corrected chi connectivity index (χ1v) is 6.16. The molecule has 1 aromatic carbocycles. The van der Waals surface area contributed by atoms with Crippen LogP contribution in [0.4, 0.5) is 4.39 Å². The lowest BCUT2D eigenvalue weighted by atomic mass is 10.1. The molecule has 5 heteroatoms. The Balaban J connectivity index is 2.25. The van der Waals surface area contributed by atoms with Crippen molar-refractivity contribution in [3.63, 3.8) is 0 Å². The van der Waals surface area contributed by atoms with E-state index in [0.29, 0.717) is 5.56 Å². The summed E-state index contributed by atoms with van der Waals surface area (Å²) in [6.45, 7) is 1.79. The van der Waals surface area contributed by atoms with Crippen LogP contribution in [-0.2, 0) is 0 Å². The molecule has 1 aromatic heterocycles. The standard InChI is InChI=1S/C15H15FN2O2/c1-10(13-5-3-4-6-14(13)19)18(2)15(20)11-7-12(16)9-17-8-11/h3-10,19H,1-2H3. The molecular weight excluding hydrogens is 259 g/mol. The maximum atomic E-state index is 13.1. The van der Waals surface area contributed by atoms with E-state index in [9.17, 15) is 14.3 Å². The summed E-state index contributed by atoms with van der Waals surface area (Å²) in [5.41, 5.74) is 0.808. The fraction of sp³-hybridized carbons (Fsp3) is 0.200. The van der Waals surface area contributed by atoms with Gasteiger partial charge >= 0.3 is 0 Å². The largest absolute Gasteiger partial charge is 0.508 e. The highest BCUT2D eigenvalue weighted by molar-refractivity contribution is 5.94. The number of phenols is 1. The summed E-state index contributed by atoms with van der Waals surface area (Å²) in [4.78, 5) is 17.4. The van der Waals surface area contributed by atoms with Gasteiger partial charge in [0.1, 0.15) is 11.6 Å². The first kappa shape index (κ1) is 14.0. The second-order valence-corrected chi connectivity index (χ2v) is 4.54. The predicted molar refractivity (Wildman–Crippen MR) is 72.8 cm³/mol. The number of aromatic hydroxyl groups is 1. The molecule has 0 bridgehead atoms. The van der Waals surface area contributed by atoms with Crippen molar-refractivity contribution in [3.8, 4) is 5.75 Å². The maximum absolute atomic E-state index is 13.1. The minimum absolute atomic E-state index is 0.122. The number of hydrogen-bond donors (Lipinski definition) is 1. The molecule has 20 heavy (non-hydrogen) atoms. The van der Waals surface area contributed by atoms with Crippen molar-refractivity contribution < 1.29 is 14.3 Å². The van der Waals surface area contributed by atoms with Crippen molar-refractivity contribution >= 4 is 5.91 Å². The molecule has 104 valence electrons. The summed E-state index contributed by atoms with van der Waals surface area (Å²) >= 11 is 0. The van der Waals surface area contributed by atoms with E-state index in [1.807, 2.05) is 0 Å². The zero-order valence-corrected chi connectivity index (χ0v) is 11.2. The van der Waals surface area contributed by atoms with Crippen LogP contribution in [0.1, 0.15) is 28.9 Å². The molecule has 1 heterocycles. The van der Waals surface area contributed by atoms with Crippen LogP contribution in [0.3, 0.4) is 0 Å². The van der Waals surface area contributed by atoms with E-state index in [-0.39, 0.29) is 23.3 Å². The van der Waals surface area contributed by atoms with Crippen LogP contribution in [0.2, 0.25) is 0 Å². The van der Waals surface area contributed by atoms with Gasteiger partial charge in [0.15, 0.2) is 0 Å². The summed E-state index contributed by atoms with van der Waals surface area (Å²) in [7, 11) is 1.60. The fourth-order valence-corrected chi connectivity index (χ4v) is 1.96. The predicted octanol–water partition coefficient (Wildman–Crippen LogP) is 2.76. The van der Waals surface area contributed by atoms with Gasteiger partial charge in [0.2, 0.25) is 0 Å². The molecule has 0 spiro atoms. The number of carbonyl (C=O) groups is 1. The lowest BCUT2D eigenvalue weighted by Gasteiger charge is -2.25. The summed E-state index contributed by atoms with van der Waals surface area (Å²) in [6, 6.07) is 7.61. The Kier molecular flexibility index (Phi) is 3.98. The zero-order valence-electron chi connectivity index (χ0n) is 11.2. The number of benzene rings is 1. The number of phenolic OH excluding ortho intramolecular Hbond substituents is 1. The van der Waals surface area contributed by atoms with E-state index >= 15 is 0 Å². The second kappa shape index (κ2) is 5.69. The zero-order chi connectivity index (χ0) is 14.7. The highest BCUT2D eigenvalue weighted by Crippen LogP contribution is 2.27. The molecule has 4 nitrogen and oxygen atoms in total. The Morgan fingerprint density at radius 2 is 2.05 bits per heavy atom. The molecule has 0 aliphatic carbocycles. The van der Waals surface area contributed by atoms with Crippen molar-refractivity contribution in [2.75, 3.05) is 7.05 Å². The van der Waals surface area contributed by atoms with Gasteiger partial charge in [-0.2, -0.15) is 0 Å². The Labute approximate surface area is 116 Å². The van der Waals surface area contributed by atoms with Gasteiger partial charge in [-0.05, 0) is 19.1 Å². The third-order valence-corrected chi connectivity index (χ3v) is 3.24. The van der Waals surface area contributed by atoms with Crippen LogP contribution in [-0.4, -0.2) is 27.9 Å². The van der Waals surface area contributed by atoms with E-state index in [2.05, 4.69) is 4.98 Å². The monoisotopic (exact) mass is 274 g/mol. The number of halogens is 1. The van der Waals surface area contributed by atoms with Gasteiger partial charge in [-0.1, -0.05) is 18.2 Å². The van der Waals surface area contributed by atoms with Crippen LogP contribution < -0.4 is 0 Å². The lowest BCUT2D eigenvalue weighted by Crippen LogP contribution is -2.29. The number of aromatic nitrogens is 1. The normalized spacial score (nSPS) is 11.9. The number of rotatable bonds is 3. The first-order valence-electron chi connectivity index (χ1n) is 6.16. The molecule has 2 rings (SSSR count). The van der Waals surface area contributed by atoms with E-state index in [4.69, 9.17) is 0 Å². The van der Waals surface area contributed by atoms with Gasteiger partial charge in [0.05, 0.1) is 17.8 Å². The van der Waals surface area contributed by atoms with Crippen molar-refractivity contribution in [1.29, 1.82) is 0 Å². The average Bonchev–Trinajstić information content (AvgIpc) is 2.45. The van der Waals surface area contributed by atoms with Gasteiger partial charge in [0, 0.05) is 18.8 Å².